The summed E-state index contributed by atoms with van der Waals surface area (Å²) in [7, 11) is 3.12. The molecule has 3 aromatic rings. The normalized spacial score (nSPS) is 18.1. The molecule has 0 saturated carbocycles. The molecule has 1 fully saturated rings. The standard InChI is InChI=1S/C24H24N2O5/c1-30-13-7-12-26-21(16-9-4-6-11-19(16)31-2)20(23(28)24(26)29)22(27)17-14-25-18-10-5-3-8-15(17)18/h3-6,8-11,14,21,25,27H,7,12-13H2,1-2H3/b22-20+. The first-order valence-corrected chi connectivity index (χ1v) is 10.0. The van der Waals surface area contributed by atoms with Crippen molar-refractivity contribution in [2.75, 3.05) is 27.4 Å². The molecular formula is C24H24N2O5. The second-order valence-corrected chi connectivity index (χ2v) is 7.33. The van der Waals surface area contributed by atoms with E-state index >= 15 is 0 Å². The van der Waals surface area contributed by atoms with Gasteiger partial charge in [0.05, 0.1) is 18.7 Å². The summed E-state index contributed by atoms with van der Waals surface area (Å²) in [5.74, 6) is -1.03. The summed E-state index contributed by atoms with van der Waals surface area (Å²) in [4.78, 5) is 30.7. The number of likely N-dealkylation sites (tertiary alicyclic amines) is 1. The average Bonchev–Trinajstić information content (AvgIpc) is 3.33. The summed E-state index contributed by atoms with van der Waals surface area (Å²) < 4.78 is 10.6. The van der Waals surface area contributed by atoms with Gasteiger partial charge in [0.1, 0.15) is 11.5 Å². The first-order chi connectivity index (χ1) is 15.1. The number of hydrogen-bond acceptors (Lipinski definition) is 5. The number of aromatic amines is 1. The van der Waals surface area contributed by atoms with E-state index in [1.807, 2.05) is 36.4 Å². The Labute approximate surface area is 179 Å². The van der Waals surface area contributed by atoms with E-state index < -0.39 is 17.7 Å². The summed E-state index contributed by atoms with van der Waals surface area (Å²) in [6, 6.07) is 13.9. The molecule has 1 amide bonds. The molecule has 1 aliphatic heterocycles. The van der Waals surface area contributed by atoms with Crippen LogP contribution in [0.1, 0.15) is 23.6 Å². The van der Waals surface area contributed by atoms with Crippen molar-refractivity contribution in [2.45, 2.75) is 12.5 Å². The van der Waals surface area contributed by atoms with Crippen molar-refractivity contribution in [3.05, 3.63) is 71.4 Å². The molecule has 1 aliphatic rings. The SMILES string of the molecule is COCCCN1C(=O)C(=O)/C(=C(/O)c2c[nH]c3ccccc23)C1c1ccccc1OC. The molecule has 0 aliphatic carbocycles. The largest absolute Gasteiger partial charge is 0.507 e. The number of carbonyl (C=O) groups is 2. The van der Waals surface area contributed by atoms with E-state index in [4.69, 9.17) is 9.47 Å². The van der Waals surface area contributed by atoms with Crippen LogP contribution in [0.25, 0.3) is 16.7 Å². The van der Waals surface area contributed by atoms with Gasteiger partial charge in [0.15, 0.2) is 0 Å². The van der Waals surface area contributed by atoms with Crippen LogP contribution < -0.4 is 4.74 Å². The van der Waals surface area contributed by atoms with E-state index in [0.717, 1.165) is 10.9 Å². The fourth-order valence-electron chi connectivity index (χ4n) is 4.12. The molecule has 31 heavy (non-hydrogen) atoms. The smallest absolute Gasteiger partial charge is 0.295 e. The predicted molar refractivity (Wildman–Crippen MR) is 117 cm³/mol. The highest BCUT2D eigenvalue weighted by atomic mass is 16.5. The van der Waals surface area contributed by atoms with Crippen LogP contribution in [0.3, 0.4) is 0 Å². The van der Waals surface area contributed by atoms with Gasteiger partial charge in [-0.1, -0.05) is 36.4 Å². The Balaban J connectivity index is 1.90. The maximum atomic E-state index is 13.1. The molecule has 0 spiro atoms. The Kier molecular flexibility index (Phi) is 5.77. The van der Waals surface area contributed by atoms with Gasteiger partial charge in [0.2, 0.25) is 0 Å². The van der Waals surface area contributed by atoms with Crippen LogP contribution >= 0.6 is 0 Å². The maximum absolute atomic E-state index is 13.1. The Morgan fingerprint density at radius 1 is 1.10 bits per heavy atom. The van der Waals surface area contributed by atoms with E-state index in [2.05, 4.69) is 4.98 Å². The number of Topliss-reactive ketones (excluding diaryl/α,β-unsaturated/α-hetero) is 1. The summed E-state index contributed by atoms with van der Waals surface area (Å²) in [5.41, 5.74) is 2.00. The van der Waals surface area contributed by atoms with Crippen molar-refractivity contribution in [3.63, 3.8) is 0 Å². The monoisotopic (exact) mass is 420 g/mol. The number of carbonyl (C=O) groups excluding carboxylic acids is 2. The van der Waals surface area contributed by atoms with Gasteiger partial charge in [0, 0.05) is 48.5 Å². The summed E-state index contributed by atoms with van der Waals surface area (Å²) in [5, 5.41) is 12.0. The fraction of sp³-hybridized carbons (Fsp3) is 0.250. The number of H-pyrrole nitrogens is 1. The molecule has 2 N–H and O–H groups in total. The lowest BCUT2D eigenvalue weighted by Crippen LogP contribution is -2.31. The van der Waals surface area contributed by atoms with E-state index in [9.17, 15) is 14.7 Å². The number of para-hydroxylation sites is 2. The Morgan fingerprint density at radius 2 is 1.84 bits per heavy atom. The first kappa shape index (κ1) is 20.7. The summed E-state index contributed by atoms with van der Waals surface area (Å²) in [6.45, 7) is 0.760. The zero-order valence-corrected chi connectivity index (χ0v) is 17.4. The summed E-state index contributed by atoms with van der Waals surface area (Å²) >= 11 is 0. The number of methoxy groups -OCH3 is 2. The Bertz CT molecular complexity index is 1160. The summed E-state index contributed by atoms with van der Waals surface area (Å²) in [6.07, 6.45) is 2.21. The highest BCUT2D eigenvalue weighted by Crippen LogP contribution is 2.43. The second kappa shape index (κ2) is 8.65. The molecule has 4 rings (SSSR count). The Morgan fingerprint density at radius 3 is 2.61 bits per heavy atom. The van der Waals surface area contributed by atoms with Crippen LogP contribution in [0, 0.1) is 0 Å². The van der Waals surface area contributed by atoms with Crippen molar-refractivity contribution in [1.29, 1.82) is 0 Å². The van der Waals surface area contributed by atoms with Crippen LogP contribution in [0.2, 0.25) is 0 Å². The zero-order valence-electron chi connectivity index (χ0n) is 17.4. The number of rotatable bonds is 7. The molecule has 2 heterocycles. The van der Waals surface area contributed by atoms with E-state index in [1.165, 1.54) is 12.0 Å². The molecule has 1 unspecified atom stereocenters. The first-order valence-electron chi connectivity index (χ1n) is 10.0. The topological polar surface area (TPSA) is 91.9 Å². The van der Waals surface area contributed by atoms with Gasteiger partial charge >= 0.3 is 0 Å². The highest BCUT2D eigenvalue weighted by Gasteiger charge is 2.46. The minimum Gasteiger partial charge on any atom is -0.507 e. The lowest BCUT2D eigenvalue weighted by molar-refractivity contribution is -0.140. The van der Waals surface area contributed by atoms with E-state index in [1.54, 1.807) is 25.4 Å². The number of aliphatic hydroxyl groups excluding tert-OH is 1. The number of aliphatic hydroxyl groups is 1. The Hall–Kier alpha value is -3.58. The van der Waals surface area contributed by atoms with Crippen molar-refractivity contribution >= 4 is 28.4 Å². The van der Waals surface area contributed by atoms with Crippen molar-refractivity contribution < 1.29 is 24.2 Å². The van der Waals surface area contributed by atoms with Crippen LogP contribution in [0.4, 0.5) is 0 Å². The molecular weight excluding hydrogens is 396 g/mol. The molecule has 160 valence electrons. The van der Waals surface area contributed by atoms with Gasteiger partial charge in [-0.2, -0.15) is 0 Å². The molecule has 0 radical (unpaired) electrons. The number of aromatic nitrogens is 1. The van der Waals surface area contributed by atoms with Gasteiger partial charge in [-0.25, -0.2) is 0 Å². The predicted octanol–water partition coefficient (Wildman–Crippen LogP) is 3.63. The van der Waals surface area contributed by atoms with Gasteiger partial charge in [-0.3, -0.25) is 9.59 Å². The lowest BCUT2D eigenvalue weighted by atomic mass is 9.94. The minimum atomic E-state index is -0.762. The van der Waals surface area contributed by atoms with Gasteiger partial charge in [-0.05, 0) is 18.6 Å². The molecule has 7 nitrogen and oxygen atoms in total. The second-order valence-electron chi connectivity index (χ2n) is 7.33. The number of nitrogens with zero attached hydrogens (tertiary/aromatic N) is 1. The van der Waals surface area contributed by atoms with Gasteiger partial charge in [0.25, 0.3) is 11.7 Å². The average molecular weight is 420 g/mol. The third-order valence-electron chi connectivity index (χ3n) is 5.57. The number of amides is 1. The molecule has 2 aromatic carbocycles. The highest BCUT2D eigenvalue weighted by molar-refractivity contribution is 6.46. The van der Waals surface area contributed by atoms with E-state index in [-0.39, 0.29) is 11.3 Å². The van der Waals surface area contributed by atoms with Crippen LogP contribution in [0.15, 0.2) is 60.3 Å². The fourth-order valence-corrected chi connectivity index (χ4v) is 4.12. The number of hydrogen-bond donors (Lipinski definition) is 2. The lowest BCUT2D eigenvalue weighted by Gasteiger charge is -2.26. The number of nitrogens with one attached hydrogen (secondary N) is 1. The molecule has 7 heteroatoms. The quantitative estimate of drug-likeness (QED) is 0.264. The van der Waals surface area contributed by atoms with Crippen LogP contribution in [-0.4, -0.2) is 54.1 Å². The molecule has 1 atom stereocenters. The van der Waals surface area contributed by atoms with Crippen LogP contribution in [-0.2, 0) is 14.3 Å². The third-order valence-corrected chi connectivity index (χ3v) is 5.57. The molecule has 1 saturated heterocycles. The molecule has 0 bridgehead atoms. The maximum Gasteiger partial charge on any atom is 0.295 e. The van der Waals surface area contributed by atoms with Crippen molar-refractivity contribution in [2.24, 2.45) is 0 Å². The minimum absolute atomic E-state index is 0.0525. The number of ether oxygens (including phenoxy) is 2. The third kappa shape index (κ3) is 3.57. The van der Waals surface area contributed by atoms with Gasteiger partial charge < -0.3 is 24.5 Å². The number of ketones is 1. The van der Waals surface area contributed by atoms with Crippen LogP contribution in [0.5, 0.6) is 5.75 Å². The van der Waals surface area contributed by atoms with E-state index in [0.29, 0.717) is 36.4 Å². The van der Waals surface area contributed by atoms with Gasteiger partial charge in [-0.15, -0.1) is 0 Å². The zero-order chi connectivity index (χ0) is 22.0. The van der Waals surface area contributed by atoms with Crippen molar-refractivity contribution in [1.82, 2.24) is 9.88 Å². The molecule has 1 aromatic heterocycles. The van der Waals surface area contributed by atoms with Crippen molar-refractivity contribution in [3.8, 4) is 5.75 Å². The number of fused-ring (bicyclic) bond motifs is 1. The number of benzene rings is 2.